The van der Waals surface area contributed by atoms with Gasteiger partial charge in [-0.1, -0.05) is 18.2 Å². The molecule has 0 saturated heterocycles. The zero-order valence-corrected chi connectivity index (χ0v) is 10.5. The molecule has 1 aromatic carbocycles. The normalized spacial score (nSPS) is 12.4. The number of aryl methyl sites for hydroxylation is 1. The fourth-order valence-corrected chi connectivity index (χ4v) is 1.70. The van der Waals surface area contributed by atoms with Crippen LogP contribution in [0.5, 0.6) is 0 Å². The van der Waals surface area contributed by atoms with Crippen LogP contribution in [0.25, 0.3) is 0 Å². The van der Waals surface area contributed by atoms with Crippen LogP contribution in [-0.4, -0.2) is 9.97 Å². The largest absolute Gasteiger partial charge is 0.304 e. The van der Waals surface area contributed by atoms with Crippen molar-refractivity contribution in [1.29, 1.82) is 0 Å². The van der Waals surface area contributed by atoms with E-state index in [4.69, 9.17) is 0 Å². The molecule has 1 heterocycles. The van der Waals surface area contributed by atoms with E-state index in [-0.39, 0.29) is 11.9 Å². The third-order valence-electron chi connectivity index (χ3n) is 2.80. The van der Waals surface area contributed by atoms with Gasteiger partial charge in [0.2, 0.25) is 0 Å². The van der Waals surface area contributed by atoms with Crippen LogP contribution in [0.15, 0.2) is 36.7 Å². The smallest absolute Gasteiger partial charge is 0.127 e. The number of nitrogens with zero attached hydrogens (tertiary/aromatic N) is 2. The SMILES string of the molecule is Cc1cnc(CNC(C)c2ccccc2F)cn1. The Morgan fingerprint density at radius 1 is 1.22 bits per heavy atom. The Morgan fingerprint density at radius 2 is 2.00 bits per heavy atom. The third kappa shape index (κ3) is 3.11. The van der Waals surface area contributed by atoms with Gasteiger partial charge in [-0.15, -0.1) is 0 Å². The van der Waals surface area contributed by atoms with Crippen molar-refractivity contribution in [3.05, 3.63) is 59.4 Å². The van der Waals surface area contributed by atoms with Gasteiger partial charge in [-0.05, 0) is 19.9 Å². The molecule has 0 bridgehead atoms. The second kappa shape index (κ2) is 5.69. The van der Waals surface area contributed by atoms with Gasteiger partial charge in [0, 0.05) is 30.5 Å². The van der Waals surface area contributed by atoms with E-state index in [1.807, 2.05) is 19.9 Å². The second-order valence-electron chi connectivity index (χ2n) is 4.27. The van der Waals surface area contributed by atoms with E-state index < -0.39 is 0 Å². The number of halogens is 1. The molecule has 0 amide bonds. The summed E-state index contributed by atoms with van der Waals surface area (Å²) in [6, 6.07) is 6.72. The number of aromatic nitrogens is 2. The Morgan fingerprint density at radius 3 is 2.67 bits per heavy atom. The number of nitrogens with one attached hydrogen (secondary N) is 1. The van der Waals surface area contributed by atoms with E-state index in [0.717, 1.165) is 11.4 Å². The monoisotopic (exact) mass is 245 g/mol. The molecule has 94 valence electrons. The molecule has 1 unspecified atom stereocenters. The lowest BCUT2D eigenvalue weighted by Crippen LogP contribution is -2.19. The molecule has 0 saturated carbocycles. The summed E-state index contributed by atoms with van der Waals surface area (Å²) in [5.41, 5.74) is 2.40. The highest BCUT2D eigenvalue weighted by Crippen LogP contribution is 2.16. The summed E-state index contributed by atoms with van der Waals surface area (Å²) in [4.78, 5) is 8.42. The zero-order chi connectivity index (χ0) is 13.0. The lowest BCUT2D eigenvalue weighted by atomic mass is 10.1. The molecule has 1 aromatic heterocycles. The minimum Gasteiger partial charge on any atom is -0.304 e. The molecule has 2 aromatic rings. The maximum Gasteiger partial charge on any atom is 0.127 e. The molecule has 0 radical (unpaired) electrons. The summed E-state index contributed by atoms with van der Waals surface area (Å²) >= 11 is 0. The van der Waals surface area contributed by atoms with Gasteiger partial charge in [-0.3, -0.25) is 9.97 Å². The van der Waals surface area contributed by atoms with Gasteiger partial charge in [-0.25, -0.2) is 4.39 Å². The lowest BCUT2D eigenvalue weighted by molar-refractivity contribution is 0.524. The molecule has 2 rings (SSSR count). The van der Waals surface area contributed by atoms with Crippen molar-refractivity contribution in [3.8, 4) is 0 Å². The van der Waals surface area contributed by atoms with E-state index >= 15 is 0 Å². The molecule has 0 aliphatic rings. The summed E-state index contributed by atoms with van der Waals surface area (Å²) < 4.78 is 13.6. The molecular formula is C14H16FN3. The van der Waals surface area contributed by atoms with E-state index in [9.17, 15) is 4.39 Å². The molecule has 1 N–H and O–H groups in total. The number of benzene rings is 1. The molecule has 18 heavy (non-hydrogen) atoms. The Bertz CT molecular complexity index is 511. The van der Waals surface area contributed by atoms with Crippen molar-refractivity contribution >= 4 is 0 Å². The van der Waals surface area contributed by atoms with Crippen molar-refractivity contribution in [2.45, 2.75) is 26.4 Å². The van der Waals surface area contributed by atoms with Crippen LogP contribution in [-0.2, 0) is 6.54 Å². The predicted molar refractivity (Wildman–Crippen MR) is 68.4 cm³/mol. The Kier molecular flexibility index (Phi) is 3.99. The standard InChI is InChI=1S/C14H16FN3/c1-10-7-18-12(8-16-10)9-17-11(2)13-5-3-4-6-14(13)15/h3-8,11,17H,9H2,1-2H3. The highest BCUT2D eigenvalue weighted by atomic mass is 19.1. The zero-order valence-electron chi connectivity index (χ0n) is 10.5. The number of hydrogen-bond acceptors (Lipinski definition) is 3. The summed E-state index contributed by atoms with van der Waals surface area (Å²) in [5, 5.41) is 3.23. The summed E-state index contributed by atoms with van der Waals surface area (Å²) in [7, 11) is 0. The number of rotatable bonds is 4. The van der Waals surface area contributed by atoms with Crippen molar-refractivity contribution in [1.82, 2.24) is 15.3 Å². The Balaban J connectivity index is 1.98. The van der Waals surface area contributed by atoms with Crippen LogP contribution in [0.2, 0.25) is 0 Å². The molecule has 4 heteroatoms. The van der Waals surface area contributed by atoms with Crippen LogP contribution in [0, 0.1) is 12.7 Å². The van der Waals surface area contributed by atoms with Crippen molar-refractivity contribution in [2.75, 3.05) is 0 Å². The van der Waals surface area contributed by atoms with Gasteiger partial charge >= 0.3 is 0 Å². The topological polar surface area (TPSA) is 37.8 Å². The van der Waals surface area contributed by atoms with Crippen molar-refractivity contribution < 1.29 is 4.39 Å². The van der Waals surface area contributed by atoms with Crippen LogP contribution in [0.3, 0.4) is 0 Å². The average molecular weight is 245 g/mol. The van der Waals surface area contributed by atoms with E-state index in [0.29, 0.717) is 12.1 Å². The fraction of sp³-hybridized carbons (Fsp3) is 0.286. The van der Waals surface area contributed by atoms with Gasteiger partial charge in [-0.2, -0.15) is 0 Å². The molecule has 0 aliphatic carbocycles. The van der Waals surface area contributed by atoms with Gasteiger partial charge < -0.3 is 5.32 Å². The van der Waals surface area contributed by atoms with Gasteiger partial charge in [0.25, 0.3) is 0 Å². The maximum atomic E-state index is 13.6. The van der Waals surface area contributed by atoms with E-state index in [1.54, 1.807) is 24.5 Å². The van der Waals surface area contributed by atoms with E-state index in [1.165, 1.54) is 6.07 Å². The lowest BCUT2D eigenvalue weighted by Gasteiger charge is -2.14. The predicted octanol–water partition coefficient (Wildman–Crippen LogP) is 2.77. The highest BCUT2D eigenvalue weighted by molar-refractivity contribution is 5.20. The molecule has 0 spiro atoms. The number of hydrogen-bond donors (Lipinski definition) is 1. The van der Waals surface area contributed by atoms with Crippen molar-refractivity contribution in [2.24, 2.45) is 0 Å². The summed E-state index contributed by atoms with van der Waals surface area (Å²) in [5.74, 6) is -0.188. The van der Waals surface area contributed by atoms with Crippen LogP contribution < -0.4 is 5.32 Å². The van der Waals surface area contributed by atoms with Gasteiger partial charge in [0.05, 0.1) is 11.4 Å². The third-order valence-corrected chi connectivity index (χ3v) is 2.80. The first-order chi connectivity index (χ1) is 8.66. The van der Waals surface area contributed by atoms with Gasteiger partial charge in [0.1, 0.15) is 5.82 Å². The maximum absolute atomic E-state index is 13.6. The fourth-order valence-electron chi connectivity index (χ4n) is 1.70. The second-order valence-corrected chi connectivity index (χ2v) is 4.27. The minimum atomic E-state index is -0.188. The van der Waals surface area contributed by atoms with Crippen LogP contribution in [0.1, 0.15) is 29.9 Å². The van der Waals surface area contributed by atoms with Crippen LogP contribution in [0.4, 0.5) is 4.39 Å². The summed E-state index contributed by atoms with van der Waals surface area (Å²) in [6.45, 7) is 4.40. The Hall–Kier alpha value is -1.81. The summed E-state index contributed by atoms with van der Waals surface area (Å²) in [6.07, 6.45) is 3.46. The first-order valence-corrected chi connectivity index (χ1v) is 5.92. The van der Waals surface area contributed by atoms with Gasteiger partial charge in [0.15, 0.2) is 0 Å². The quantitative estimate of drug-likeness (QED) is 0.900. The van der Waals surface area contributed by atoms with Crippen molar-refractivity contribution in [3.63, 3.8) is 0 Å². The molecule has 1 atom stereocenters. The molecule has 3 nitrogen and oxygen atoms in total. The first-order valence-electron chi connectivity index (χ1n) is 5.92. The first kappa shape index (κ1) is 12.6. The average Bonchev–Trinajstić information content (AvgIpc) is 2.38. The van der Waals surface area contributed by atoms with E-state index in [2.05, 4.69) is 15.3 Å². The minimum absolute atomic E-state index is 0.0608. The molecule has 0 aliphatic heterocycles. The van der Waals surface area contributed by atoms with Crippen LogP contribution >= 0.6 is 0 Å². The Labute approximate surface area is 106 Å². The molecule has 0 fully saturated rings. The highest BCUT2D eigenvalue weighted by Gasteiger charge is 2.09. The molecular weight excluding hydrogens is 229 g/mol.